The van der Waals surface area contributed by atoms with E-state index in [-0.39, 0.29) is 29.7 Å². The molecule has 0 bridgehead atoms. The van der Waals surface area contributed by atoms with Gasteiger partial charge in [0, 0.05) is 19.1 Å². The van der Waals surface area contributed by atoms with Gasteiger partial charge in [0.15, 0.2) is 0 Å². The molecule has 4 atom stereocenters. The molecule has 1 saturated heterocycles. The number of rotatable bonds is 3. The molecule has 2 N–H and O–H groups in total. The van der Waals surface area contributed by atoms with Crippen molar-refractivity contribution in [2.45, 2.75) is 71.8 Å². The molecule has 5 heteroatoms. The van der Waals surface area contributed by atoms with E-state index in [1.165, 1.54) is 0 Å². The Bertz CT molecular complexity index is 384. The van der Waals surface area contributed by atoms with Crippen LogP contribution < -0.4 is 10.6 Å². The molecule has 1 heterocycles. The van der Waals surface area contributed by atoms with E-state index in [2.05, 4.69) is 31.4 Å². The number of hydrogen-bond acceptors (Lipinski definition) is 4. The predicted octanol–water partition coefficient (Wildman–Crippen LogP) is 2.30. The number of hydrogen-bond donors (Lipinski definition) is 2. The molecule has 5 nitrogen and oxygen atoms in total. The van der Waals surface area contributed by atoms with Crippen LogP contribution >= 0.6 is 0 Å². The van der Waals surface area contributed by atoms with E-state index in [1.807, 2.05) is 20.8 Å². The fraction of sp³-hybridized carbons (Fsp3) is 0.938. The molecule has 2 rings (SSSR count). The lowest BCUT2D eigenvalue weighted by atomic mass is 9.71. The SMILES string of the molecule is CC(C)(C)CNC1C(NC(=O)OC(C)(C)C)C2CCOC21. The van der Waals surface area contributed by atoms with Crippen LogP contribution in [0.5, 0.6) is 0 Å². The smallest absolute Gasteiger partial charge is 0.407 e. The van der Waals surface area contributed by atoms with Crippen molar-refractivity contribution >= 4 is 6.09 Å². The van der Waals surface area contributed by atoms with Crippen LogP contribution in [-0.4, -0.2) is 43.0 Å². The quantitative estimate of drug-likeness (QED) is 0.839. The summed E-state index contributed by atoms with van der Waals surface area (Å²) in [6.45, 7) is 13.9. The normalized spacial score (nSPS) is 32.3. The zero-order chi connectivity index (χ0) is 15.8. The molecule has 122 valence electrons. The summed E-state index contributed by atoms with van der Waals surface area (Å²) < 4.78 is 11.2. The number of carbonyl (C=O) groups excluding carboxylic acids is 1. The lowest BCUT2D eigenvalue weighted by Gasteiger charge is -2.48. The average molecular weight is 298 g/mol. The zero-order valence-corrected chi connectivity index (χ0v) is 14.2. The highest BCUT2D eigenvalue weighted by Crippen LogP contribution is 2.39. The monoisotopic (exact) mass is 298 g/mol. The number of ether oxygens (including phenoxy) is 2. The molecule has 4 unspecified atom stereocenters. The van der Waals surface area contributed by atoms with E-state index in [0.717, 1.165) is 19.6 Å². The first-order chi connectivity index (χ1) is 9.57. The molecule has 1 aliphatic heterocycles. The highest BCUT2D eigenvalue weighted by Gasteiger charge is 2.54. The molecule has 0 aromatic rings. The third kappa shape index (κ3) is 4.33. The van der Waals surface area contributed by atoms with E-state index < -0.39 is 5.60 Å². The van der Waals surface area contributed by atoms with Crippen molar-refractivity contribution in [2.75, 3.05) is 13.2 Å². The first-order valence-electron chi connectivity index (χ1n) is 7.91. The van der Waals surface area contributed by atoms with Crippen molar-refractivity contribution in [3.63, 3.8) is 0 Å². The van der Waals surface area contributed by atoms with Crippen LogP contribution in [0.2, 0.25) is 0 Å². The summed E-state index contributed by atoms with van der Waals surface area (Å²) in [6.07, 6.45) is 0.909. The van der Waals surface area contributed by atoms with Crippen LogP contribution in [0, 0.1) is 11.3 Å². The van der Waals surface area contributed by atoms with Crippen molar-refractivity contribution in [1.29, 1.82) is 0 Å². The van der Waals surface area contributed by atoms with Crippen molar-refractivity contribution in [2.24, 2.45) is 11.3 Å². The minimum Gasteiger partial charge on any atom is -0.444 e. The largest absolute Gasteiger partial charge is 0.444 e. The van der Waals surface area contributed by atoms with Crippen LogP contribution in [-0.2, 0) is 9.47 Å². The molecular formula is C16H30N2O3. The van der Waals surface area contributed by atoms with Crippen molar-refractivity contribution < 1.29 is 14.3 Å². The second-order valence-corrected chi connectivity index (χ2v) is 8.43. The number of fused-ring (bicyclic) bond motifs is 1. The van der Waals surface area contributed by atoms with Gasteiger partial charge in [-0.1, -0.05) is 20.8 Å². The molecule has 21 heavy (non-hydrogen) atoms. The van der Waals surface area contributed by atoms with Gasteiger partial charge >= 0.3 is 6.09 Å². The summed E-state index contributed by atoms with van der Waals surface area (Å²) in [7, 11) is 0. The number of amides is 1. The molecule has 1 amide bonds. The average Bonchev–Trinajstić information content (AvgIpc) is 2.66. The minimum absolute atomic E-state index is 0.106. The summed E-state index contributed by atoms with van der Waals surface area (Å²) in [5.74, 6) is 0.412. The standard InChI is InChI=1S/C16H30N2O3/c1-15(2,3)9-17-12-11(10-7-8-20-13(10)12)18-14(19)21-16(4,5)6/h10-13,17H,7-9H2,1-6H3,(H,18,19). The van der Waals surface area contributed by atoms with Crippen molar-refractivity contribution in [3.8, 4) is 0 Å². The minimum atomic E-state index is -0.465. The van der Waals surface area contributed by atoms with Crippen molar-refractivity contribution in [3.05, 3.63) is 0 Å². The molecule has 0 aromatic carbocycles. The summed E-state index contributed by atoms with van der Waals surface area (Å²) in [5.41, 5.74) is -0.256. The van der Waals surface area contributed by atoms with Gasteiger partial charge < -0.3 is 20.1 Å². The maximum Gasteiger partial charge on any atom is 0.407 e. The van der Waals surface area contributed by atoms with E-state index in [1.54, 1.807) is 0 Å². The van der Waals surface area contributed by atoms with Crippen LogP contribution in [0.3, 0.4) is 0 Å². The Morgan fingerprint density at radius 3 is 2.43 bits per heavy atom. The fourth-order valence-corrected chi connectivity index (χ4v) is 3.01. The summed E-state index contributed by atoms with van der Waals surface area (Å²) >= 11 is 0. The molecule has 0 spiro atoms. The number of carbonyl (C=O) groups is 1. The summed E-state index contributed by atoms with van der Waals surface area (Å²) in [6, 6.07) is 0.291. The second kappa shape index (κ2) is 5.76. The molecule has 2 aliphatic rings. The van der Waals surface area contributed by atoms with Gasteiger partial charge in [-0.05, 0) is 32.6 Å². The molecular weight excluding hydrogens is 268 g/mol. The van der Waals surface area contributed by atoms with Gasteiger partial charge in [-0.15, -0.1) is 0 Å². The van der Waals surface area contributed by atoms with E-state index >= 15 is 0 Å². The van der Waals surface area contributed by atoms with Crippen molar-refractivity contribution in [1.82, 2.24) is 10.6 Å². The van der Waals surface area contributed by atoms with Gasteiger partial charge in [-0.2, -0.15) is 0 Å². The Hall–Kier alpha value is -0.810. The highest BCUT2D eigenvalue weighted by atomic mass is 16.6. The van der Waals surface area contributed by atoms with Gasteiger partial charge in [0.05, 0.1) is 18.2 Å². The Kier molecular flexibility index (Phi) is 4.54. The predicted molar refractivity (Wildman–Crippen MR) is 82.3 cm³/mol. The second-order valence-electron chi connectivity index (χ2n) is 8.43. The van der Waals surface area contributed by atoms with E-state index in [4.69, 9.17) is 9.47 Å². The van der Waals surface area contributed by atoms with E-state index in [0.29, 0.717) is 5.92 Å². The lowest BCUT2D eigenvalue weighted by Crippen LogP contribution is -2.70. The molecule has 2 fully saturated rings. The third-order valence-electron chi connectivity index (χ3n) is 3.94. The zero-order valence-electron chi connectivity index (χ0n) is 14.2. The van der Waals surface area contributed by atoms with Gasteiger partial charge in [0.1, 0.15) is 5.60 Å². The maximum atomic E-state index is 12.0. The number of nitrogens with one attached hydrogen (secondary N) is 2. The molecule has 0 aromatic heterocycles. The first-order valence-corrected chi connectivity index (χ1v) is 7.91. The molecule has 1 saturated carbocycles. The van der Waals surface area contributed by atoms with Gasteiger partial charge in [0.25, 0.3) is 0 Å². The van der Waals surface area contributed by atoms with Gasteiger partial charge in [-0.3, -0.25) is 0 Å². The highest BCUT2D eigenvalue weighted by molar-refractivity contribution is 5.68. The molecule has 1 aliphatic carbocycles. The van der Waals surface area contributed by atoms with Crippen LogP contribution in [0.25, 0.3) is 0 Å². The Morgan fingerprint density at radius 1 is 1.19 bits per heavy atom. The first kappa shape index (κ1) is 16.6. The fourth-order valence-electron chi connectivity index (χ4n) is 3.01. The third-order valence-corrected chi connectivity index (χ3v) is 3.94. The van der Waals surface area contributed by atoms with Crippen LogP contribution in [0.15, 0.2) is 0 Å². The Morgan fingerprint density at radius 2 is 1.86 bits per heavy atom. The van der Waals surface area contributed by atoms with Crippen LogP contribution in [0.1, 0.15) is 48.0 Å². The van der Waals surface area contributed by atoms with Gasteiger partial charge in [0.2, 0.25) is 0 Å². The Labute approximate surface area is 128 Å². The van der Waals surface area contributed by atoms with Gasteiger partial charge in [-0.25, -0.2) is 4.79 Å². The molecule has 0 radical (unpaired) electrons. The Balaban J connectivity index is 1.91. The van der Waals surface area contributed by atoms with Crippen LogP contribution in [0.4, 0.5) is 4.79 Å². The van der Waals surface area contributed by atoms with E-state index in [9.17, 15) is 4.79 Å². The number of alkyl carbamates (subject to hydrolysis) is 1. The topological polar surface area (TPSA) is 59.6 Å². The lowest BCUT2D eigenvalue weighted by molar-refractivity contribution is -0.0359. The maximum absolute atomic E-state index is 12.0. The summed E-state index contributed by atoms with van der Waals surface area (Å²) in [4.78, 5) is 12.0. The summed E-state index contributed by atoms with van der Waals surface area (Å²) in [5, 5.41) is 6.58.